The third-order valence-electron chi connectivity index (χ3n) is 6.59. The summed E-state index contributed by atoms with van der Waals surface area (Å²) in [5, 5.41) is 24.1. The predicted molar refractivity (Wildman–Crippen MR) is 110 cm³/mol. The smallest absolute Gasteiger partial charge is 0.303 e. The number of carboxylic acid groups (broad SMARTS) is 1. The van der Waals surface area contributed by atoms with Crippen molar-refractivity contribution in [2.24, 2.45) is 11.8 Å². The summed E-state index contributed by atoms with van der Waals surface area (Å²) in [5.74, 6) is -1.76. The van der Waals surface area contributed by atoms with Crippen molar-refractivity contribution in [3.05, 3.63) is 12.2 Å². The van der Waals surface area contributed by atoms with Crippen molar-refractivity contribution in [1.82, 2.24) is 10.6 Å². The van der Waals surface area contributed by atoms with Crippen LogP contribution < -0.4 is 10.6 Å². The second-order valence-corrected chi connectivity index (χ2v) is 8.71. The summed E-state index contributed by atoms with van der Waals surface area (Å²) in [4.78, 5) is 36.2. The Morgan fingerprint density at radius 3 is 2.47 bits per heavy atom. The number of nitrogens with one attached hydrogen (secondary N) is 2. The highest BCUT2D eigenvalue weighted by Crippen LogP contribution is 2.45. The van der Waals surface area contributed by atoms with E-state index in [0.29, 0.717) is 12.8 Å². The fraction of sp³-hybridized carbons (Fsp3) is 0.773. The maximum absolute atomic E-state index is 13.0. The van der Waals surface area contributed by atoms with Crippen molar-refractivity contribution >= 4 is 17.8 Å². The molecule has 0 radical (unpaired) electrons. The molecule has 3 aliphatic rings. The van der Waals surface area contributed by atoms with Crippen LogP contribution in [0.3, 0.4) is 0 Å². The first-order chi connectivity index (χ1) is 14.5. The van der Waals surface area contributed by atoms with Crippen LogP contribution in [-0.4, -0.2) is 58.9 Å². The summed E-state index contributed by atoms with van der Waals surface area (Å²) in [6.07, 6.45) is 11.8. The van der Waals surface area contributed by atoms with Gasteiger partial charge >= 0.3 is 5.97 Å². The molecule has 5 atom stereocenters. The molecule has 3 fully saturated rings. The Hall–Kier alpha value is -1.93. The first-order valence-electron chi connectivity index (χ1n) is 11.2. The van der Waals surface area contributed by atoms with Crippen LogP contribution in [0.5, 0.6) is 0 Å². The Labute approximate surface area is 177 Å². The quantitative estimate of drug-likeness (QED) is 0.396. The lowest BCUT2D eigenvalue weighted by atomic mass is 9.77. The Morgan fingerprint density at radius 2 is 1.77 bits per heavy atom. The molecule has 30 heavy (non-hydrogen) atoms. The van der Waals surface area contributed by atoms with E-state index >= 15 is 0 Å². The van der Waals surface area contributed by atoms with Crippen molar-refractivity contribution in [1.29, 1.82) is 0 Å². The van der Waals surface area contributed by atoms with Gasteiger partial charge < -0.3 is 25.6 Å². The highest BCUT2D eigenvalue weighted by molar-refractivity contribution is 5.89. The van der Waals surface area contributed by atoms with E-state index in [2.05, 4.69) is 10.6 Å². The number of amides is 2. The maximum atomic E-state index is 13.0. The van der Waals surface area contributed by atoms with Gasteiger partial charge in [0, 0.05) is 18.4 Å². The average molecular weight is 423 g/mol. The minimum absolute atomic E-state index is 0.00516. The molecule has 2 saturated heterocycles. The van der Waals surface area contributed by atoms with Gasteiger partial charge in [0.1, 0.15) is 6.04 Å². The molecule has 168 valence electrons. The largest absolute Gasteiger partial charge is 0.481 e. The number of carboxylic acids is 1. The number of carbonyl (C=O) groups is 3. The van der Waals surface area contributed by atoms with Crippen LogP contribution in [0.25, 0.3) is 0 Å². The summed E-state index contributed by atoms with van der Waals surface area (Å²) in [7, 11) is 0. The van der Waals surface area contributed by atoms with Gasteiger partial charge in [0.05, 0.1) is 24.7 Å². The fourth-order valence-electron chi connectivity index (χ4n) is 5.03. The van der Waals surface area contributed by atoms with Crippen molar-refractivity contribution in [2.75, 3.05) is 6.61 Å². The number of aliphatic hydroxyl groups is 1. The molecule has 0 aromatic heterocycles. The zero-order valence-corrected chi connectivity index (χ0v) is 17.4. The fourth-order valence-corrected chi connectivity index (χ4v) is 5.03. The highest BCUT2D eigenvalue weighted by Gasteiger charge is 2.51. The van der Waals surface area contributed by atoms with E-state index in [4.69, 9.17) is 9.84 Å². The summed E-state index contributed by atoms with van der Waals surface area (Å²) in [5.41, 5.74) is 0. The Balaban J connectivity index is 1.54. The van der Waals surface area contributed by atoms with E-state index in [-0.39, 0.29) is 48.3 Å². The number of aliphatic carboxylic acids is 1. The third kappa shape index (κ3) is 5.82. The molecule has 2 bridgehead atoms. The topological polar surface area (TPSA) is 125 Å². The van der Waals surface area contributed by atoms with E-state index in [1.54, 1.807) is 0 Å². The van der Waals surface area contributed by atoms with Gasteiger partial charge in [-0.05, 0) is 38.5 Å². The van der Waals surface area contributed by atoms with Gasteiger partial charge in [-0.1, -0.05) is 31.4 Å². The van der Waals surface area contributed by atoms with Crippen LogP contribution >= 0.6 is 0 Å². The van der Waals surface area contributed by atoms with Crippen LogP contribution in [-0.2, 0) is 19.1 Å². The number of hydrogen-bond acceptors (Lipinski definition) is 5. The van der Waals surface area contributed by atoms with Crippen molar-refractivity contribution in [2.45, 2.75) is 88.5 Å². The normalized spacial score (nSPS) is 29.8. The van der Waals surface area contributed by atoms with E-state index in [9.17, 15) is 19.5 Å². The van der Waals surface area contributed by atoms with Crippen molar-refractivity contribution < 1.29 is 29.3 Å². The summed E-state index contributed by atoms with van der Waals surface area (Å²) in [6.45, 7) is -0.439. The van der Waals surface area contributed by atoms with Gasteiger partial charge in [-0.15, -0.1) is 0 Å². The summed E-state index contributed by atoms with van der Waals surface area (Å²) < 4.78 is 5.96. The monoisotopic (exact) mass is 422 g/mol. The Bertz CT molecular complexity index is 646. The predicted octanol–water partition coefficient (Wildman–Crippen LogP) is 1.52. The molecular formula is C22H34N2O6. The van der Waals surface area contributed by atoms with E-state index in [0.717, 1.165) is 38.5 Å². The van der Waals surface area contributed by atoms with Crippen LogP contribution in [0.1, 0.15) is 64.2 Å². The number of allylic oxidation sites excluding steroid dienone is 2. The van der Waals surface area contributed by atoms with Gasteiger partial charge in [0.15, 0.2) is 0 Å². The molecule has 2 amide bonds. The zero-order chi connectivity index (χ0) is 21.5. The van der Waals surface area contributed by atoms with E-state index in [1.807, 2.05) is 12.2 Å². The van der Waals surface area contributed by atoms with Crippen LogP contribution in [0, 0.1) is 11.8 Å². The molecule has 1 unspecified atom stereocenters. The lowest BCUT2D eigenvalue weighted by molar-refractivity contribution is -0.137. The first-order valence-corrected chi connectivity index (χ1v) is 11.2. The maximum Gasteiger partial charge on any atom is 0.303 e. The number of hydrogen-bond donors (Lipinski definition) is 4. The lowest BCUT2D eigenvalue weighted by Gasteiger charge is -2.29. The molecule has 4 N–H and O–H groups in total. The molecule has 8 nitrogen and oxygen atoms in total. The van der Waals surface area contributed by atoms with Gasteiger partial charge in [-0.25, -0.2) is 0 Å². The Morgan fingerprint density at radius 1 is 1.03 bits per heavy atom. The number of fused-ring (bicyclic) bond motifs is 2. The molecule has 1 saturated carbocycles. The molecule has 0 spiro atoms. The highest BCUT2D eigenvalue weighted by atomic mass is 16.5. The number of ether oxygens (including phenoxy) is 1. The number of aliphatic hydroxyl groups excluding tert-OH is 1. The minimum Gasteiger partial charge on any atom is -0.481 e. The molecular weight excluding hydrogens is 388 g/mol. The molecule has 2 heterocycles. The van der Waals surface area contributed by atoms with E-state index in [1.165, 1.54) is 6.42 Å². The molecule has 3 rings (SSSR count). The molecule has 0 aromatic carbocycles. The third-order valence-corrected chi connectivity index (χ3v) is 6.59. The van der Waals surface area contributed by atoms with Crippen LogP contribution in [0.2, 0.25) is 0 Å². The zero-order valence-electron chi connectivity index (χ0n) is 17.4. The Kier molecular flexibility index (Phi) is 8.27. The summed E-state index contributed by atoms with van der Waals surface area (Å²) >= 11 is 0. The van der Waals surface area contributed by atoms with E-state index < -0.39 is 18.6 Å². The second-order valence-electron chi connectivity index (χ2n) is 8.71. The van der Waals surface area contributed by atoms with Gasteiger partial charge in [0.25, 0.3) is 0 Å². The number of carbonyl (C=O) groups excluding carboxylic acids is 2. The lowest BCUT2D eigenvalue weighted by Crippen LogP contribution is -2.54. The SMILES string of the molecule is O=C(O)CCC=CC[C@@H]1[C@H](C(=O)NC(CO)C(=O)NC2CCCCC2)[C@H]2CC[C@@H]1O2. The second kappa shape index (κ2) is 10.9. The molecule has 8 heteroatoms. The molecule has 2 aliphatic heterocycles. The first kappa shape index (κ1) is 22.7. The van der Waals surface area contributed by atoms with Crippen molar-refractivity contribution in [3.8, 4) is 0 Å². The average Bonchev–Trinajstić information content (AvgIpc) is 3.33. The van der Waals surface area contributed by atoms with Crippen LogP contribution in [0.15, 0.2) is 12.2 Å². The standard InChI is InChI=1S/C22H34N2O6/c25-13-16(21(28)23-14-7-3-1-4-8-14)24-22(29)20-15(17-11-12-18(20)30-17)9-5-2-6-10-19(26)27/h2,5,14-18,20,25H,1,3-4,6-13H2,(H,23,28)(H,24,29)(H,26,27)/t15-,16?,17-,18+,20-/m0/s1. The van der Waals surface area contributed by atoms with Gasteiger partial charge in [-0.3, -0.25) is 14.4 Å². The van der Waals surface area contributed by atoms with Gasteiger partial charge in [-0.2, -0.15) is 0 Å². The van der Waals surface area contributed by atoms with Crippen molar-refractivity contribution in [3.63, 3.8) is 0 Å². The van der Waals surface area contributed by atoms with Gasteiger partial charge in [0.2, 0.25) is 11.8 Å². The number of rotatable bonds is 10. The molecule has 1 aliphatic carbocycles. The van der Waals surface area contributed by atoms with Crippen LogP contribution in [0.4, 0.5) is 0 Å². The minimum atomic E-state index is -0.953. The molecule has 0 aromatic rings. The summed E-state index contributed by atoms with van der Waals surface area (Å²) in [6, 6.07) is -0.836.